The Labute approximate surface area is 216 Å². The predicted molar refractivity (Wildman–Crippen MR) is 146 cm³/mol. The maximum absolute atomic E-state index is 13.2. The number of para-hydroxylation sites is 1. The van der Waals surface area contributed by atoms with Crippen LogP contribution in [0.25, 0.3) is 10.9 Å². The minimum Gasteiger partial charge on any atom is -0.352 e. The van der Waals surface area contributed by atoms with Crippen molar-refractivity contribution in [1.82, 2.24) is 14.9 Å². The second-order valence-electron chi connectivity index (χ2n) is 9.16. The highest BCUT2D eigenvalue weighted by Crippen LogP contribution is 2.36. The molecule has 5 aromatic rings. The van der Waals surface area contributed by atoms with Crippen LogP contribution in [0, 0.1) is 6.92 Å². The van der Waals surface area contributed by atoms with E-state index in [1.54, 1.807) is 12.4 Å². The van der Waals surface area contributed by atoms with Gasteiger partial charge in [0.25, 0.3) is 0 Å². The van der Waals surface area contributed by atoms with Gasteiger partial charge >= 0.3 is 0 Å². The van der Waals surface area contributed by atoms with E-state index >= 15 is 0 Å². The first-order valence-corrected chi connectivity index (χ1v) is 12.5. The molecule has 0 aliphatic rings. The van der Waals surface area contributed by atoms with E-state index in [4.69, 9.17) is 11.6 Å². The van der Waals surface area contributed by atoms with Gasteiger partial charge in [0.1, 0.15) is 0 Å². The van der Waals surface area contributed by atoms with Crippen LogP contribution in [0.4, 0.5) is 0 Å². The quantitative estimate of drug-likeness (QED) is 0.256. The normalized spacial score (nSPS) is 11.9. The summed E-state index contributed by atoms with van der Waals surface area (Å²) in [7, 11) is 0. The van der Waals surface area contributed by atoms with Gasteiger partial charge in [-0.2, -0.15) is 0 Å². The molecule has 1 amide bonds. The summed E-state index contributed by atoms with van der Waals surface area (Å²) in [5.41, 5.74) is 6.75. The van der Waals surface area contributed by atoms with Gasteiger partial charge in [0.2, 0.25) is 5.91 Å². The summed E-state index contributed by atoms with van der Waals surface area (Å²) in [6.45, 7) is 3.31. The maximum Gasteiger partial charge on any atom is 0.221 e. The lowest BCUT2D eigenvalue weighted by Gasteiger charge is -2.18. The molecule has 1 unspecified atom stereocenters. The van der Waals surface area contributed by atoms with E-state index in [1.807, 2.05) is 30.3 Å². The highest BCUT2D eigenvalue weighted by atomic mass is 35.5. The van der Waals surface area contributed by atoms with Crippen molar-refractivity contribution in [2.75, 3.05) is 0 Å². The molecule has 5 heteroatoms. The van der Waals surface area contributed by atoms with Crippen LogP contribution < -0.4 is 5.32 Å². The number of carbonyl (C=O) groups is 1. The minimum absolute atomic E-state index is 0.0146. The zero-order valence-corrected chi connectivity index (χ0v) is 21.0. The van der Waals surface area contributed by atoms with Crippen LogP contribution in [0.2, 0.25) is 5.02 Å². The summed E-state index contributed by atoms with van der Waals surface area (Å²) in [5.74, 6) is -0.152. The second-order valence-corrected chi connectivity index (χ2v) is 9.60. The topological polar surface area (TPSA) is 46.9 Å². The van der Waals surface area contributed by atoms with Crippen molar-refractivity contribution < 1.29 is 4.79 Å². The molecule has 0 spiro atoms. The maximum atomic E-state index is 13.2. The fourth-order valence-electron chi connectivity index (χ4n) is 4.67. The zero-order valence-electron chi connectivity index (χ0n) is 20.2. The van der Waals surface area contributed by atoms with Gasteiger partial charge < -0.3 is 9.88 Å². The Morgan fingerprint density at radius 1 is 0.972 bits per heavy atom. The number of halogens is 1. The number of benzene rings is 3. The minimum atomic E-state index is -0.137. The summed E-state index contributed by atoms with van der Waals surface area (Å²) in [6, 6.07) is 28.7. The van der Waals surface area contributed by atoms with Gasteiger partial charge in [-0.15, -0.1) is 0 Å². The monoisotopic (exact) mass is 493 g/mol. The number of hydrogen-bond acceptors (Lipinski definition) is 2. The number of amides is 1. The van der Waals surface area contributed by atoms with Gasteiger partial charge in [-0.3, -0.25) is 9.78 Å². The number of aryl methyl sites for hydroxylation is 1. The van der Waals surface area contributed by atoms with Crippen LogP contribution in [0.3, 0.4) is 0 Å². The van der Waals surface area contributed by atoms with Crippen molar-refractivity contribution in [2.45, 2.75) is 32.4 Å². The van der Waals surface area contributed by atoms with E-state index < -0.39 is 0 Å². The SMILES string of the molecule is Cc1ccc(Cn2cc(C(CC(=O)NCc3cccnc3)c3cccc(Cl)c3)c3ccccc32)cc1. The molecule has 180 valence electrons. The van der Waals surface area contributed by atoms with Gasteiger partial charge in [0.15, 0.2) is 0 Å². The van der Waals surface area contributed by atoms with Crippen molar-refractivity contribution in [3.63, 3.8) is 0 Å². The van der Waals surface area contributed by atoms with Gasteiger partial charge in [-0.1, -0.05) is 77.8 Å². The number of rotatable bonds is 8. The van der Waals surface area contributed by atoms with Crippen molar-refractivity contribution >= 4 is 28.4 Å². The van der Waals surface area contributed by atoms with Gasteiger partial charge in [-0.05, 0) is 53.4 Å². The molecule has 0 aliphatic heterocycles. The van der Waals surface area contributed by atoms with Crippen molar-refractivity contribution in [1.29, 1.82) is 0 Å². The third kappa shape index (κ3) is 5.50. The summed E-state index contributed by atoms with van der Waals surface area (Å²) < 4.78 is 2.28. The average molecular weight is 494 g/mol. The Morgan fingerprint density at radius 3 is 2.58 bits per heavy atom. The first-order valence-electron chi connectivity index (χ1n) is 12.1. The number of aromatic nitrogens is 2. The number of pyridine rings is 1. The van der Waals surface area contributed by atoms with Gasteiger partial charge in [-0.25, -0.2) is 0 Å². The Morgan fingerprint density at radius 2 is 1.81 bits per heavy atom. The summed E-state index contributed by atoms with van der Waals surface area (Å²) in [6.07, 6.45) is 6.02. The van der Waals surface area contributed by atoms with Crippen LogP contribution in [0.15, 0.2) is 104 Å². The van der Waals surface area contributed by atoms with E-state index in [2.05, 4.69) is 82.6 Å². The lowest BCUT2D eigenvalue weighted by Crippen LogP contribution is -2.25. The number of fused-ring (bicyclic) bond motifs is 1. The average Bonchev–Trinajstić information content (AvgIpc) is 3.26. The largest absolute Gasteiger partial charge is 0.352 e. The number of nitrogens with one attached hydrogen (secondary N) is 1. The molecule has 0 saturated carbocycles. The van der Waals surface area contributed by atoms with Crippen molar-refractivity contribution in [3.8, 4) is 0 Å². The number of hydrogen-bond donors (Lipinski definition) is 1. The van der Waals surface area contributed by atoms with Crippen LogP contribution >= 0.6 is 11.6 Å². The van der Waals surface area contributed by atoms with Crippen molar-refractivity contribution in [3.05, 3.63) is 136 Å². The Kier molecular flexibility index (Phi) is 7.15. The molecule has 0 bridgehead atoms. The summed E-state index contributed by atoms with van der Waals surface area (Å²) >= 11 is 6.38. The van der Waals surface area contributed by atoms with Crippen molar-refractivity contribution in [2.24, 2.45) is 0 Å². The Balaban J connectivity index is 1.49. The van der Waals surface area contributed by atoms with E-state index in [9.17, 15) is 4.79 Å². The fourth-order valence-corrected chi connectivity index (χ4v) is 4.86. The standard InChI is InChI=1S/C31H28ClN3O/c1-22-11-13-23(14-12-22)20-35-21-29(27-9-2-3-10-30(27)35)28(25-7-4-8-26(32)16-25)17-31(36)34-19-24-6-5-15-33-18-24/h2-16,18,21,28H,17,19-20H2,1H3,(H,34,36). The summed E-state index contributed by atoms with van der Waals surface area (Å²) in [5, 5.41) is 4.88. The first-order chi connectivity index (χ1) is 17.6. The highest BCUT2D eigenvalue weighted by molar-refractivity contribution is 6.30. The molecule has 2 heterocycles. The Bertz CT molecular complexity index is 1480. The van der Waals surface area contributed by atoms with Crippen LogP contribution in [-0.2, 0) is 17.9 Å². The molecule has 1 atom stereocenters. The smallest absolute Gasteiger partial charge is 0.221 e. The molecular weight excluding hydrogens is 466 g/mol. The lowest BCUT2D eigenvalue weighted by molar-refractivity contribution is -0.121. The summed E-state index contributed by atoms with van der Waals surface area (Å²) in [4.78, 5) is 17.3. The van der Waals surface area contributed by atoms with Crippen LogP contribution in [0.5, 0.6) is 0 Å². The van der Waals surface area contributed by atoms with E-state index in [-0.39, 0.29) is 11.8 Å². The third-order valence-corrected chi connectivity index (χ3v) is 6.76. The molecule has 0 radical (unpaired) electrons. The number of nitrogens with zero attached hydrogens (tertiary/aromatic N) is 2. The molecule has 36 heavy (non-hydrogen) atoms. The van der Waals surface area contributed by atoms with Crippen LogP contribution in [-0.4, -0.2) is 15.5 Å². The fraction of sp³-hybridized carbons (Fsp3) is 0.161. The van der Waals surface area contributed by atoms with Gasteiger partial charge in [0, 0.05) is 59.9 Å². The second kappa shape index (κ2) is 10.8. The lowest BCUT2D eigenvalue weighted by atomic mass is 9.88. The predicted octanol–water partition coefficient (Wildman–Crippen LogP) is 6.88. The number of carbonyl (C=O) groups excluding carboxylic acids is 1. The molecule has 0 saturated heterocycles. The molecule has 0 fully saturated rings. The highest BCUT2D eigenvalue weighted by Gasteiger charge is 2.23. The zero-order chi connectivity index (χ0) is 24.9. The molecule has 4 nitrogen and oxygen atoms in total. The molecule has 0 aliphatic carbocycles. The van der Waals surface area contributed by atoms with Gasteiger partial charge in [0.05, 0.1) is 0 Å². The molecule has 3 aromatic carbocycles. The molecule has 2 aromatic heterocycles. The molecule has 5 rings (SSSR count). The molecular formula is C31H28ClN3O. The van der Waals surface area contributed by atoms with E-state index in [0.717, 1.165) is 34.1 Å². The van der Waals surface area contributed by atoms with Crippen LogP contribution in [0.1, 0.15) is 40.2 Å². The Hall–Kier alpha value is -3.89. The first kappa shape index (κ1) is 23.8. The van der Waals surface area contributed by atoms with E-state index in [0.29, 0.717) is 18.0 Å². The van der Waals surface area contributed by atoms with E-state index in [1.165, 1.54) is 11.1 Å². The third-order valence-electron chi connectivity index (χ3n) is 6.52. The molecule has 1 N–H and O–H groups in total.